The molecule has 0 bridgehead atoms. The molecular formula is C66H60ClN3O2. The third-order valence-corrected chi connectivity index (χ3v) is 14.4. The molecule has 0 atom stereocenters. The highest BCUT2D eigenvalue weighted by Gasteiger charge is 2.27. The number of fused-ring (bicyclic) bond motifs is 6. The lowest BCUT2D eigenvalue weighted by molar-refractivity contribution is 0.590. The van der Waals surface area contributed by atoms with E-state index < -0.39 is 0 Å². The van der Waals surface area contributed by atoms with Gasteiger partial charge in [-0.1, -0.05) is 171 Å². The standard InChI is InChI=1S/C66H60ClN3O2/c1-64(2,3)43-27-33-46(34-28-43)68(51-39-40-61-55(42-51)53-20-11-12-25-59(53)71-61)49-17-14-18-50(41-49)69(47-35-29-44(30-36-47)65(4,5)6)56-22-16-23-57(62(56)67)70(48-37-31-45(32-38-48)66(7,8)9)58-24-15-21-54-52-19-10-13-26-60(52)72-63(54)58/h10-42H,1-9H3. The quantitative estimate of drug-likeness (QED) is 0.144. The Morgan fingerprint density at radius 1 is 0.306 bits per heavy atom. The van der Waals surface area contributed by atoms with E-state index in [0.717, 1.165) is 95.1 Å². The van der Waals surface area contributed by atoms with Gasteiger partial charge in [0.15, 0.2) is 5.58 Å². The minimum Gasteiger partial charge on any atom is -0.456 e. The summed E-state index contributed by atoms with van der Waals surface area (Å²) in [7, 11) is 0. The van der Waals surface area contributed by atoms with Crippen molar-refractivity contribution in [3.8, 4) is 0 Å². The van der Waals surface area contributed by atoms with Crippen LogP contribution in [-0.2, 0) is 16.2 Å². The summed E-state index contributed by atoms with van der Waals surface area (Å²) in [5, 5.41) is 4.85. The van der Waals surface area contributed by atoms with Gasteiger partial charge in [-0.15, -0.1) is 0 Å². The molecule has 0 saturated carbocycles. The number of furan rings is 2. The van der Waals surface area contributed by atoms with Crippen molar-refractivity contribution in [2.75, 3.05) is 14.7 Å². The third-order valence-electron chi connectivity index (χ3n) is 14.0. The normalized spacial score (nSPS) is 12.3. The molecule has 6 heteroatoms. The predicted octanol–water partition coefficient (Wildman–Crippen LogP) is 20.4. The summed E-state index contributed by atoms with van der Waals surface area (Å²) < 4.78 is 13.1. The maximum atomic E-state index is 8.04. The number of anilines is 9. The molecular weight excluding hydrogens is 902 g/mol. The van der Waals surface area contributed by atoms with Crippen LogP contribution in [0.5, 0.6) is 0 Å². The molecule has 9 aromatic carbocycles. The molecule has 0 unspecified atom stereocenters. The van der Waals surface area contributed by atoms with Crippen LogP contribution in [0, 0.1) is 0 Å². The Bertz CT molecular complexity index is 3770. The number of para-hydroxylation sites is 3. The first kappa shape index (κ1) is 46.6. The number of benzene rings is 9. The van der Waals surface area contributed by atoms with Crippen molar-refractivity contribution in [1.29, 1.82) is 0 Å². The summed E-state index contributed by atoms with van der Waals surface area (Å²) >= 11 is 8.04. The van der Waals surface area contributed by atoms with Gasteiger partial charge in [0.2, 0.25) is 0 Å². The SMILES string of the molecule is CC(C)(C)c1ccc(N(c2cccc(N(c3ccc(C(C)(C)C)cc3)c3cccc(N(c4ccc(C(C)(C)C)cc4)c4cccc5c4oc4ccccc45)c3Cl)c2)c2ccc3oc4ccccc4c3c2)cc1. The van der Waals surface area contributed by atoms with Crippen molar-refractivity contribution < 1.29 is 8.83 Å². The molecule has 0 fully saturated rings. The predicted molar refractivity (Wildman–Crippen MR) is 306 cm³/mol. The number of hydrogen-bond acceptors (Lipinski definition) is 5. The van der Waals surface area contributed by atoms with Crippen LogP contribution in [0.25, 0.3) is 43.9 Å². The van der Waals surface area contributed by atoms with Crippen LogP contribution >= 0.6 is 11.6 Å². The highest BCUT2D eigenvalue weighted by atomic mass is 35.5. The van der Waals surface area contributed by atoms with E-state index in [4.69, 9.17) is 20.4 Å². The summed E-state index contributed by atoms with van der Waals surface area (Å²) in [6, 6.07) is 71.2. The first-order chi connectivity index (χ1) is 34.5. The van der Waals surface area contributed by atoms with E-state index in [0.29, 0.717) is 5.02 Å². The van der Waals surface area contributed by atoms with Gasteiger partial charge in [0.25, 0.3) is 0 Å². The summed E-state index contributed by atoms with van der Waals surface area (Å²) in [4.78, 5) is 6.88. The van der Waals surface area contributed by atoms with Crippen LogP contribution in [0.2, 0.25) is 5.02 Å². The zero-order valence-electron chi connectivity index (χ0n) is 42.6. The Kier molecular flexibility index (Phi) is 11.6. The zero-order valence-corrected chi connectivity index (χ0v) is 43.3. The van der Waals surface area contributed by atoms with Crippen LogP contribution in [0.1, 0.15) is 79.0 Å². The second-order valence-electron chi connectivity index (χ2n) is 22.1. The second kappa shape index (κ2) is 17.8. The van der Waals surface area contributed by atoms with Crippen LogP contribution in [-0.4, -0.2) is 0 Å². The number of halogens is 1. The van der Waals surface area contributed by atoms with Gasteiger partial charge in [0.1, 0.15) is 16.7 Å². The van der Waals surface area contributed by atoms with Crippen LogP contribution in [0.15, 0.2) is 209 Å². The molecule has 0 spiro atoms. The van der Waals surface area contributed by atoms with E-state index in [1.807, 2.05) is 24.3 Å². The monoisotopic (exact) mass is 961 g/mol. The molecule has 0 aliphatic rings. The minimum atomic E-state index is -0.0357. The first-order valence-corrected chi connectivity index (χ1v) is 25.3. The fourth-order valence-corrected chi connectivity index (χ4v) is 10.3. The summed E-state index contributed by atoms with van der Waals surface area (Å²) in [5.74, 6) is 0. The van der Waals surface area contributed by atoms with Crippen LogP contribution < -0.4 is 14.7 Å². The molecule has 11 rings (SSSR count). The average molecular weight is 963 g/mol. The molecule has 72 heavy (non-hydrogen) atoms. The minimum absolute atomic E-state index is 0.00121. The molecule has 358 valence electrons. The Morgan fingerprint density at radius 2 is 0.694 bits per heavy atom. The molecule has 2 aromatic heterocycles. The summed E-state index contributed by atoms with van der Waals surface area (Å²) in [6.45, 7) is 20.3. The molecule has 0 saturated heterocycles. The van der Waals surface area contributed by atoms with Crippen molar-refractivity contribution >= 4 is 107 Å². The number of hydrogen-bond donors (Lipinski definition) is 0. The number of rotatable bonds is 9. The molecule has 0 radical (unpaired) electrons. The fourth-order valence-electron chi connectivity index (χ4n) is 10.00. The molecule has 0 N–H and O–H groups in total. The fraction of sp³-hybridized carbons (Fsp3) is 0.182. The van der Waals surface area contributed by atoms with Gasteiger partial charge < -0.3 is 23.5 Å². The third kappa shape index (κ3) is 8.56. The topological polar surface area (TPSA) is 36.0 Å². The average Bonchev–Trinajstić information content (AvgIpc) is 3.94. The highest BCUT2D eigenvalue weighted by Crippen LogP contribution is 2.50. The lowest BCUT2D eigenvalue weighted by atomic mass is 9.87. The Labute approximate surface area is 428 Å². The highest BCUT2D eigenvalue weighted by molar-refractivity contribution is 6.37. The Morgan fingerprint density at radius 3 is 1.26 bits per heavy atom. The van der Waals surface area contributed by atoms with Gasteiger partial charge in [0, 0.05) is 55.7 Å². The van der Waals surface area contributed by atoms with E-state index in [9.17, 15) is 0 Å². The van der Waals surface area contributed by atoms with Gasteiger partial charge in [-0.2, -0.15) is 0 Å². The van der Waals surface area contributed by atoms with Gasteiger partial charge >= 0.3 is 0 Å². The van der Waals surface area contributed by atoms with E-state index in [-0.39, 0.29) is 16.2 Å². The Balaban J connectivity index is 1.11. The maximum absolute atomic E-state index is 8.04. The largest absolute Gasteiger partial charge is 0.456 e. The van der Waals surface area contributed by atoms with Crippen molar-refractivity contribution in [2.24, 2.45) is 0 Å². The number of nitrogens with zero attached hydrogens (tertiary/aromatic N) is 3. The van der Waals surface area contributed by atoms with Gasteiger partial charge in [-0.25, -0.2) is 0 Å². The smallest absolute Gasteiger partial charge is 0.159 e. The van der Waals surface area contributed by atoms with Crippen LogP contribution in [0.3, 0.4) is 0 Å². The van der Waals surface area contributed by atoms with Crippen molar-refractivity contribution in [3.05, 3.63) is 222 Å². The van der Waals surface area contributed by atoms with Gasteiger partial charge in [0.05, 0.1) is 22.1 Å². The van der Waals surface area contributed by atoms with Gasteiger partial charge in [-0.05, 0) is 136 Å². The van der Waals surface area contributed by atoms with E-state index >= 15 is 0 Å². The molecule has 5 nitrogen and oxygen atoms in total. The zero-order chi connectivity index (χ0) is 50.1. The van der Waals surface area contributed by atoms with Crippen LogP contribution in [0.4, 0.5) is 51.2 Å². The molecule has 2 heterocycles. The van der Waals surface area contributed by atoms with Crippen molar-refractivity contribution in [3.63, 3.8) is 0 Å². The molecule has 11 aromatic rings. The lowest BCUT2D eigenvalue weighted by Gasteiger charge is -2.32. The second-order valence-corrected chi connectivity index (χ2v) is 22.4. The molecule has 0 amide bonds. The lowest BCUT2D eigenvalue weighted by Crippen LogP contribution is -2.16. The Hall–Kier alpha value is -7.73. The van der Waals surface area contributed by atoms with Gasteiger partial charge in [-0.3, -0.25) is 0 Å². The summed E-state index contributed by atoms with van der Waals surface area (Å²) in [5.41, 5.74) is 15.5. The van der Waals surface area contributed by atoms with E-state index in [2.05, 4.69) is 253 Å². The maximum Gasteiger partial charge on any atom is 0.159 e. The van der Waals surface area contributed by atoms with E-state index in [1.165, 1.54) is 16.7 Å². The van der Waals surface area contributed by atoms with Crippen molar-refractivity contribution in [1.82, 2.24) is 0 Å². The molecule has 0 aliphatic carbocycles. The summed E-state index contributed by atoms with van der Waals surface area (Å²) in [6.07, 6.45) is 0. The first-order valence-electron chi connectivity index (χ1n) is 24.9. The van der Waals surface area contributed by atoms with E-state index in [1.54, 1.807) is 0 Å². The molecule has 0 aliphatic heterocycles. The van der Waals surface area contributed by atoms with Crippen molar-refractivity contribution in [2.45, 2.75) is 78.6 Å².